The van der Waals surface area contributed by atoms with Crippen LogP contribution in [0, 0.1) is 6.92 Å². The number of hydrogen-bond acceptors (Lipinski definition) is 4. The molecular formula is C9H9BrN4O. The molecule has 0 amide bonds. The summed E-state index contributed by atoms with van der Waals surface area (Å²) in [6.45, 7) is 1.96. The fraction of sp³-hybridized carbons (Fsp3) is 0.222. The van der Waals surface area contributed by atoms with Crippen LogP contribution in [0.4, 0.5) is 0 Å². The molecule has 0 bridgehead atoms. The molecule has 78 valence electrons. The van der Waals surface area contributed by atoms with Crippen molar-refractivity contribution >= 4 is 15.9 Å². The molecule has 0 atom stereocenters. The maximum Gasteiger partial charge on any atom is 0.342 e. The molecule has 6 heteroatoms. The molecule has 5 nitrogen and oxygen atoms in total. The topological polar surface area (TPSA) is 52.8 Å². The van der Waals surface area contributed by atoms with E-state index in [1.165, 1.54) is 0 Å². The molecule has 0 spiro atoms. The third-order valence-electron chi connectivity index (χ3n) is 1.82. The van der Waals surface area contributed by atoms with Gasteiger partial charge in [0.1, 0.15) is 6.33 Å². The van der Waals surface area contributed by atoms with E-state index in [2.05, 4.69) is 31.0 Å². The lowest BCUT2D eigenvalue weighted by atomic mass is 10.3. The number of aryl methyl sites for hydroxylation is 2. The van der Waals surface area contributed by atoms with Crippen molar-refractivity contribution in [1.29, 1.82) is 0 Å². The largest absolute Gasteiger partial charge is 0.403 e. The normalized spacial score (nSPS) is 10.3. The van der Waals surface area contributed by atoms with E-state index < -0.39 is 0 Å². The zero-order valence-electron chi connectivity index (χ0n) is 8.31. The van der Waals surface area contributed by atoms with Crippen molar-refractivity contribution in [1.82, 2.24) is 19.7 Å². The molecule has 0 aliphatic rings. The molecule has 15 heavy (non-hydrogen) atoms. The molecular weight excluding hydrogens is 260 g/mol. The van der Waals surface area contributed by atoms with Crippen molar-refractivity contribution < 1.29 is 4.74 Å². The summed E-state index contributed by atoms with van der Waals surface area (Å²) in [6, 6.07) is 2.18. The van der Waals surface area contributed by atoms with E-state index in [0.717, 1.165) is 10.0 Å². The first-order chi connectivity index (χ1) is 7.16. The molecule has 2 aromatic heterocycles. The van der Waals surface area contributed by atoms with E-state index in [0.29, 0.717) is 5.88 Å². The lowest BCUT2D eigenvalue weighted by molar-refractivity contribution is 0.419. The highest BCUT2D eigenvalue weighted by molar-refractivity contribution is 9.10. The van der Waals surface area contributed by atoms with Crippen LogP contribution < -0.4 is 4.74 Å². The van der Waals surface area contributed by atoms with Gasteiger partial charge in [-0.2, -0.15) is 4.98 Å². The summed E-state index contributed by atoms with van der Waals surface area (Å²) >= 11 is 3.39. The zero-order valence-corrected chi connectivity index (χ0v) is 9.89. The first kappa shape index (κ1) is 10.1. The summed E-state index contributed by atoms with van der Waals surface area (Å²) in [5, 5.41) is 4.00. The minimum absolute atomic E-state index is 0.288. The first-order valence-corrected chi connectivity index (χ1v) is 5.10. The number of rotatable bonds is 2. The van der Waals surface area contributed by atoms with E-state index in [9.17, 15) is 0 Å². The summed E-state index contributed by atoms with van der Waals surface area (Å²) in [5.74, 6) is 0.473. The molecule has 0 aliphatic heterocycles. The van der Waals surface area contributed by atoms with Gasteiger partial charge in [0.15, 0.2) is 0 Å². The van der Waals surface area contributed by atoms with Gasteiger partial charge in [0.2, 0.25) is 5.88 Å². The summed E-state index contributed by atoms with van der Waals surface area (Å²) in [5.41, 5.74) is 1.05. The number of pyridine rings is 1. The molecule has 0 fully saturated rings. The Bertz CT molecular complexity index is 483. The third-order valence-corrected chi connectivity index (χ3v) is 2.78. The molecule has 0 aromatic carbocycles. The highest BCUT2D eigenvalue weighted by Crippen LogP contribution is 2.27. The lowest BCUT2D eigenvalue weighted by Gasteiger charge is -2.03. The minimum Gasteiger partial charge on any atom is -0.403 e. The summed E-state index contributed by atoms with van der Waals surface area (Å²) in [4.78, 5) is 8.04. The van der Waals surface area contributed by atoms with Gasteiger partial charge in [0, 0.05) is 13.2 Å². The standard InChI is InChI=1S/C9H9BrN4O/c1-6-3-4-11-8(7(6)10)15-9-12-5-14(2)13-9/h3-5H,1-2H3. The molecule has 0 aliphatic carbocycles. The van der Waals surface area contributed by atoms with Gasteiger partial charge in [0.25, 0.3) is 0 Å². The van der Waals surface area contributed by atoms with Gasteiger partial charge in [-0.05, 0) is 34.5 Å². The predicted octanol–water partition coefficient (Wildman–Crippen LogP) is 2.07. The first-order valence-electron chi connectivity index (χ1n) is 4.31. The molecule has 0 saturated carbocycles. The maximum atomic E-state index is 5.41. The third kappa shape index (κ3) is 2.15. The number of nitrogens with zero attached hydrogens (tertiary/aromatic N) is 4. The molecule has 2 heterocycles. The summed E-state index contributed by atoms with van der Waals surface area (Å²) < 4.78 is 7.80. The Labute approximate surface area is 95.2 Å². The lowest BCUT2D eigenvalue weighted by Crippen LogP contribution is -1.93. The second-order valence-electron chi connectivity index (χ2n) is 3.05. The van der Waals surface area contributed by atoms with Crippen molar-refractivity contribution in [3.05, 3.63) is 28.6 Å². The Morgan fingerprint density at radius 1 is 1.40 bits per heavy atom. The van der Waals surface area contributed by atoms with Crippen LogP contribution in [0.3, 0.4) is 0 Å². The Morgan fingerprint density at radius 3 is 2.87 bits per heavy atom. The summed E-state index contributed by atoms with van der Waals surface area (Å²) in [6.07, 6.45) is 3.25. The van der Waals surface area contributed by atoms with Crippen LogP contribution in [-0.2, 0) is 7.05 Å². The van der Waals surface area contributed by atoms with E-state index in [1.54, 1.807) is 24.3 Å². The second kappa shape index (κ2) is 3.98. The number of ether oxygens (including phenoxy) is 1. The fourth-order valence-corrected chi connectivity index (χ4v) is 1.35. The van der Waals surface area contributed by atoms with Gasteiger partial charge in [-0.1, -0.05) is 0 Å². The van der Waals surface area contributed by atoms with Crippen LogP contribution in [-0.4, -0.2) is 19.7 Å². The Balaban J connectivity index is 2.28. The Hall–Kier alpha value is -1.43. The SMILES string of the molecule is Cc1ccnc(Oc2ncn(C)n2)c1Br. The molecule has 0 radical (unpaired) electrons. The molecule has 0 unspecified atom stereocenters. The van der Waals surface area contributed by atoms with Crippen LogP contribution in [0.1, 0.15) is 5.56 Å². The minimum atomic E-state index is 0.288. The van der Waals surface area contributed by atoms with Crippen molar-refractivity contribution in [3.8, 4) is 11.9 Å². The quantitative estimate of drug-likeness (QED) is 0.837. The van der Waals surface area contributed by atoms with Crippen molar-refractivity contribution in [3.63, 3.8) is 0 Å². The number of halogens is 1. The van der Waals surface area contributed by atoms with Crippen LogP contribution in [0.15, 0.2) is 23.1 Å². The zero-order chi connectivity index (χ0) is 10.8. The average Bonchev–Trinajstić information content (AvgIpc) is 2.59. The van der Waals surface area contributed by atoms with E-state index in [1.807, 2.05) is 13.0 Å². The van der Waals surface area contributed by atoms with Crippen LogP contribution >= 0.6 is 15.9 Å². The van der Waals surface area contributed by atoms with Crippen LogP contribution in [0.2, 0.25) is 0 Å². The van der Waals surface area contributed by atoms with Gasteiger partial charge in [-0.3, -0.25) is 4.68 Å². The smallest absolute Gasteiger partial charge is 0.342 e. The Kier molecular flexibility index (Phi) is 2.68. The van der Waals surface area contributed by atoms with Crippen LogP contribution in [0.5, 0.6) is 11.9 Å². The van der Waals surface area contributed by atoms with Gasteiger partial charge in [0.05, 0.1) is 4.47 Å². The van der Waals surface area contributed by atoms with E-state index in [-0.39, 0.29) is 6.01 Å². The van der Waals surface area contributed by atoms with Crippen LogP contribution in [0.25, 0.3) is 0 Å². The van der Waals surface area contributed by atoms with Gasteiger partial charge in [-0.15, -0.1) is 5.10 Å². The highest BCUT2D eigenvalue weighted by Gasteiger charge is 2.08. The van der Waals surface area contributed by atoms with Gasteiger partial charge >= 0.3 is 6.01 Å². The van der Waals surface area contributed by atoms with Crippen molar-refractivity contribution in [2.24, 2.45) is 7.05 Å². The average molecular weight is 269 g/mol. The second-order valence-corrected chi connectivity index (χ2v) is 3.84. The predicted molar refractivity (Wildman–Crippen MR) is 57.8 cm³/mol. The van der Waals surface area contributed by atoms with E-state index >= 15 is 0 Å². The Morgan fingerprint density at radius 2 is 2.20 bits per heavy atom. The molecule has 2 rings (SSSR count). The van der Waals surface area contributed by atoms with Crippen molar-refractivity contribution in [2.75, 3.05) is 0 Å². The number of hydrogen-bond donors (Lipinski definition) is 0. The molecule has 2 aromatic rings. The molecule has 0 saturated heterocycles. The fourth-order valence-electron chi connectivity index (χ4n) is 1.04. The monoisotopic (exact) mass is 268 g/mol. The van der Waals surface area contributed by atoms with E-state index in [4.69, 9.17) is 4.74 Å². The molecule has 0 N–H and O–H groups in total. The van der Waals surface area contributed by atoms with Gasteiger partial charge in [-0.25, -0.2) is 4.98 Å². The van der Waals surface area contributed by atoms with Crippen molar-refractivity contribution in [2.45, 2.75) is 6.92 Å². The number of aromatic nitrogens is 4. The summed E-state index contributed by atoms with van der Waals surface area (Å²) in [7, 11) is 1.78. The maximum absolute atomic E-state index is 5.41. The van der Waals surface area contributed by atoms with Gasteiger partial charge < -0.3 is 4.74 Å². The highest BCUT2D eigenvalue weighted by atomic mass is 79.9.